The molecule has 0 spiro atoms. The minimum atomic E-state index is -0.454. The van der Waals surface area contributed by atoms with Gasteiger partial charge in [-0.15, -0.1) is 0 Å². The summed E-state index contributed by atoms with van der Waals surface area (Å²) in [5.74, 6) is 0.774. The van der Waals surface area contributed by atoms with Gasteiger partial charge in [0, 0.05) is 12.1 Å². The van der Waals surface area contributed by atoms with Gasteiger partial charge in [0.1, 0.15) is 0 Å². The van der Waals surface area contributed by atoms with Crippen molar-refractivity contribution in [3.8, 4) is 0 Å². The number of nitrogens with one attached hydrogen (secondary N) is 1. The third-order valence-corrected chi connectivity index (χ3v) is 6.23. The summed E-state index contributed by atoms with van der Waals surface area (Å²) in [5, 5.41) is 3.42. The van der Waals surface area contributed by atoms with E-state index in [1.165, 1.54) is 45.1 Å². The molecule has 4 atom stereocenters. The quantitative estimate of drug-likeness (QED) is 0.834. The Hall–Kier alpha value is -0.610. The van der Waals surface area contributed by atoms with Crippen molar-refractivity contribution in [2.75, 3.05) is 13.1 Å². The minimum Gasteiger partial charge on any atom is -0.368 e. The van der Waals surface area contributed by atoms with Gasteiger partial charge in [-0.05, 0) is 64.0 Å². The summed E-state index contributed by atoms with van der Waals surface area (Å²) in [6.07, 6.45) is 11.1. The topological polar surface area (TPSA) is 58.4 Å². The van der Waals surface area contributed by atoms with Gasteiger partial charge in [0.05, 0.1) is 5.54 Å². The first-order valence-corrected chi connectivity index (χ1v) is 8.97. The van der Waals surface area contributed by atoms with E-state index in [0.29, 0.717) is 6.04 Å². The zero-order valence-electron chi connectivity index (χ0n) is 13.4. The van der Waals surface area contributed by atoms with Crippen LogP contribution in [0, 0.1) is 5.92 Å². The molecule has 0 radical (unpaired) electrons. The number of carbonyl (C=O) groups is 1. The number of likely N-dealkylation sites (tertiary alicyclic amines) is 1. The van der Waals surface area contributed by atoms with Crippen LogP contribution in [0.15, 0.2) is 0 Å². The van der Waals surface area contributed by atoms with Gasteiger partial charge in [-0.25, -0.2) is 0 Å². The Morgan fingerprint density at radius 2 is 2.05 bits per heavy atom. The first-order chi connectivity index (χ1) is 10.2. The molecule has 21 heavy (non-hydrogen) atoms. The van der Waals surface area contributed by atoms with Crippen LogP contribution < -0.4 is 11.1 Å². The first kappa shape index (κ1) is 15.3. The van der Waals surface area contributed by atoms with E-state index in [1.54, 1.807) is 0 Å². The fraction of sp³-hybridized carbons (Fsp3) is 0.941. The number of nitrogens with two attached hydrogens (primary N) is 1. The van der Waals surface area contributed by atoms with E-state index in [9.17, 15) is 4.79 Å². The highest BCUT2D eigenvalue weighted by atomic mass is 16.1. The van der Waals surface area contributed by atoms with Crippen molar-refractivity contribution in [3.05, 3.63) is 0 Å². The van der Waals surface area contributed by atoms with Crippen LogP contribution in [-0.4, -0.2) is 41.5 Å². The number of nitrogens with zero attached hydrogens (tertiary/aromatic N) is 1. The summed E-state index contributed by atoms with van der Waals surface area (Å²) in [6.45, 7) is 4.13. The van der Waals surface area contributed by atoms with Gasteiger partial charge in [0.15, 0.2) is 0 Å². The maximum Gasteiger partial charge on any atom is 0.237 e. The second kappa shape index (κ2) is 6.25. The molecule has 1 aliphatic heterocycles. The predicted octanol–water partition coefficient (Wildman–Crippen LogP) is 2.03. The maximum atomic E-state index is 12.1. The second-order valence-electron chi connectivity index (χ2n) is 7.37. The molecular weight excluding hydrogens is 262 g/mol. The fourth-order valence-corrected chi connectivity index (χ4v) is 5.23. The summed E-state index contributed by atoms with van der Waals surface area (Å²) >= 11 is 0. The molecule has 0 aromatic carbocycles. The Bertz CT molecular complexity index is 382. The van der Waals surface area contributed by atoms with Crippen molar-refractivity contribution in [2.45, 2.75) is 82.3 Å². The molecule has 3 fully saturated rings. The molecule has 4 nitrogen and oxygen atoms in total. The highest BCUT2D eigenvalue weighted by molar-refractivity contribution is 5.84. The standard InChI is InChI=1S/C17H31N3O/c1-2-19-17(16(18)21)10-5-7-14(12-17)20-11-9-13-6-3-4-8-15(13)20/h13-15,19H,2-12H2,1H3,(H2,18,21). The van der Waals surface area contributed by atoms with E-state index in [4.69, 9.17) is 5.73 Å². The Morgan fingerprint density at radius 1 is 1.24 bits per heavy atom. The molecule has 1 heterocycles. The molecule has 3 aliphatic rings. The number of primary amides is 1. The molecule has 1 saturated heterocycles. The fourth-order valence-electron chi connectivity index (χ4n) is 5.23. The van der Waals surface area contributed by atoms with Crippen molar-refractivity contribution >= 4 is 5.91 Å². The summed E-state index contributed by atoms with van der Waals surface area (Å²) in [5.41, 5.74) is 5.31. The molecule has 4 heteroatoms. The SMILES string of the molecule is CCNC1(C(N)=O)CCCC(N2CCC3CCCCC32)C1. The molecule has 3 N–H and O–H groups in total. The Labute approximate surface area is 128 Å². The zero-order valence-corrected chi connectivity index (χ0v) is 13.4. The van der Waals surface area contributed by atoms with Crippen LogP contribution in [0.3, 0.4) is 0 Å². The summed E-state index contributed by atoms with van der Waals surface area (Å²) < 4.78 is 0. The summed E-state index contributed by atoms with van der Waals surface area (Å²) in [4.78, 5) is 14.8. The highest BCUT2D eigenvalue weighted by Crippen LogP contribution is 2.41. The van der Waals surface area contributed by atoms with Gasteiger partial charge in [0.25, 0.3) is 0 Å². The van der Waals surface area contributed by atoms with Gasteiger partial charge in [-0.2, -0.15) is 0 Å². The molecule has 0 aromatic rings. The lowest BCUT2D eigenvalue weighted by atomic mass is 9.77. The number of carbonyl (C=O) groups excluding carboxylic acids is 1. The van der Waals surface area contributed by atoms with Crippen molar-refractivity contribution < 1.29 is 4.79 Å². The number of rotatable bonds is 4. The lowest BCUT2D eigenvalue weighted by Crippen LogP contribution is -2.61. The molecule has 120 valence electrons. The van der Waals surface area contributed by atoms with Gasteiger partial charge in [0.2, 0.25) is 5.91 Å². The molecule has 3 rings (SSSR count). The van der Waals surface area contributed by atoms with Crippen LogP contribution in [0.2, 0.25) is 0 Å². The second-order valence-corrected chi connectivity index (χ2v) is 7.37. The van der Waals surface area contributed by atoms with Crippen molar-refractivity contribution in [1.82, 2.24) is 10.2 Å². The van der Waals surface area contributed by atoms with Crippen LogP contribution in [0.4, 0.5) is 0 Å². The molecule has 1 amide bonds. The average Bonchev–Trinajstić information content (AvgIpc) is 2.91. The lowest BCUT2D eigenvalue weighted by molar-refractivity contribution is -0.126. The summed E-state index contributed by atoms with van der Waals surface area (Å²) in [6, 6.07) is 1.34. The van der Waals surface area contributed by atoms with E-state index >= 15 is 0 Å². The Morgan fingerprint density at radius 3 is 2.81 bits per heavy atom. The van der Waals surface area contributed by atoms with Gasteiger partial charge >= 0.3 is 0 Å². The molecular formula is C17H31N3O. The third kappa shape index (κ3) is 2.85. The molecule has 2 saturated carbocycles. The average molecular weight is 293 g/mol. The molecule has 0 bridgehead atoms. The van der Waals surface area contributed by atoms with Gasteiger partial charge < -0.3 is 11.1 Å². The predicted molar refractivity (Wildman–Crippen MR) is 84.9 cm³/mol. The van der Waals surface area contributed by atoms with Crippen molar-refractivity contribution in [3.63, 3.8) is 0 Å². The molecule has 2 aliphatic carbocycles. The Kier molecular flexibility index (Phi) is 4.55. The van der Waals surface area contributed by atoms with E-state index in [0.717, 1.165) is 37.8 Å². The zero-order chi connectivity index (χ0) is 14.9. The minimum absolute atomic E-state index is 0.145. The van der Waals surface area contributed by atoms with E-state index in [-0.39, 0.29) is 5.91 Å². The summed E-state index contributed by atoms with van der Waals surface area (Å²) in [7, 11) is 0. The van der Waals surface area contributed by atoms with Crippen LogP contribution in [0.5, 0.6) is 0 Å². The van der Waals surface area contributed by atoms with Crippen LogP contribution in [0.25, 0.3) is 0 Å². The first-order valence-electron chi connectivity index (χ1n) is 8.97. The number of hydrogen-bond donors (Lipinski definition) is 2. The maximum absolute atomic E-state index is 12.1. The van der Waals surface area contributed by atoms with Crippen LogP contribution >= 0.6 is 0 Å². The number of likely N-dealkylation sites (N-methyl/N-ethyl adjacent to an activating group) is 1. The van der Waals surface area contributed by atoms with Crippen LogP contribution in [0.1, 0.15) is 64.7 Å². The van der Waals surface area contributed by atoms with Crippen molar-refractivity contribution in [2.24, 2.45) is 11.7 Å². The number of hydrogen-bond acceptors (Lipinski definition) is 3. The molecule has 0 aromatic heterocycles. The normalized spacial score (nSPS) is 40.9. The van der Waals surface area contributed by atoms with Gasteiger partial charge in [-0.3, -0.25) is 9.69 Å². The van der Waals surface area contributed by atoms with E-state index in [2.05, 4.69) is 17.1 Å². The number of fused-ring (bicyclic) bond motifs is 1. The van der Waals surface area contributed by atoms with E-state index < -0.39 is 5.54 Å². The third-order valence-electron chi connectivity index (χ3n) is 6.23. The molecule has 4 unspecified atom stereocenters. The Balaban J connectivity index is 1.72. The van der Waals surface area contributed by atoms with E-state index in [1.807, 2.05) is 0 Å². The largest absolute Gasteiger partial charge is 0.368 e. The number of amides is 1. The van der Waals surface area contributed by atoms with Gasteiger partial charge in [-0.1, -0.05) is 19.8 Å². The monoisotopic (exact) mass is 293 g/mol. The highest BCUT2D eigenvalue weighted by Gasteiger charge is 2.46. The van der Waals surface area contributed by atoms with Crippen molar-refractivity contribution in [1.29, 1.82) is 0 Å². The lowest BCUT2D eigenvalue weighted by Gasteiger charge is -2.45. The van der Waals surface area contributed by atoms with Crippen LogP contribution in [-0.2, 0) is 4.79 Å². The smallest absolute Gasteiger partial charge is 0.237 e.